The Bertz CT molecular complexity index is 732. The predicted molar refractivity (Wildman–Crippen MR) is 103 cm³/mol. The van der Waals surface area contributed by atoms with Crippen LogP contribution in [-0.4, -0.2) is 47.0 Å². The molecule has 0 atom stereocenters. The number of hydrogen-bond acceptors (Lipinski definition) is 5. The van der Waals surface area contributed by atoms with E-state index < -0.39 is 0 Å². The van der Waals surface area contributed by atoms with Gasteiger partial charge in [0.1, 0.15) is 11.5 Å². The Kier molecular flexibility index (Phi) is 5.00. The predicted octanol–water partition coefficient (Wildman–Crippen LogP) is 3.45. The molecule has 0 aliphatic carbocycles. The zero-order chi connectivity index (χ0) is 17.8. The number of aromatic nitrogens is 2. The molecule has 0 saturated carbocycles. The van der Waals surface area contributed by atoms with E-state index in [9.17, 15) is 4.79 Å². The molecule has 0 radical (unpaired) electrons. The van der Waals surface area contributed by atoms with Gasteiger partial charge in [0.25, 0.3) is 5.91 Å². The number of carbonyl (C=O) groups is 1. The number of nitrogens with one attached hydrogen (secondary N) is 1. The standard InChI is InChI=1S/C20H25N5O/c26-20(25-12-2-1-3-13-25)18-14-22-19(15-21-18)23-16-6-8-17(9-7-16)24-10-4-5-11-24/h6-9,14-15H,1-5,10-13H2,(H,22,23). The number of rotatable bonds is 4. The molecule has 0 bridgehead atoms. The number of carbonyl (C=O) groups excluding carboxylic acids is 1. The van der Waals surface area contributed by atoms with Crippen LogP contribution in [0.25, 0.3) is 0 Å². The Morgan fingerprint density at radius 3 is 2.19 bits per heavy atom. The lowest BCUT2D eigenvalue weighted by Gasteiger charge is -2.26. The summed E-state index contributed by atoms with van der Waals surface area (Å²) in [6.45, 7) is 3.93. The summed E-state index contributed by atoms with van der Waals surface area (Å²) in [5, 5.41) is 3.25. The fraction of sp³-hybridized carbons (Fsp3) is 0.450. The molecular weight excluding hydrogens is 326 g/mol. The first-order valence-electron chi connectivity index (χ1n) is 9.53. The first-order chi connectivity index (χ1) is 12.8. The van der Waals surface area contributed by atoms with Gasteiger partial charge in [0.05, 0.1) is 12.4 Å². The SMILES string of the molecule is O=C(c1cnc(Nc2ccc(N3CCCC3)cc2)cn1)N1CCCCC1. The van der Waals surface area contributed by atoms with Crippen LogP contribution < -0.4 is 10.2 Å². The van der Waals surface area contributed by atoms with E-state index in [1.54, 1.807) is 12.4 Å². The molecule has 136 valence electrons. The second-order valence-electron chi connectivity index (χ2n) is 7.01. The highest BCUT2D eigenvalue weighted by Gasteiger charge is 2.19. The highest BCUT2D eigenvalue weighted by molar-refractivity contribution is 5.92. The number of amides is 1. The third kappa shape index (κ3) is 3.79. The normalized spacial score (nSPS) is 17.4. The van der Waals surface area contributed by atoms with Gasteiger partial charge in [-0.05, 0) is 56.4 Å². The second kappa shape index (κ2) is 7.72. The van der Waals surface area contributed by atoms with Gasteiger partial charge in [-0.15, -0.1) is 0 Å². The second-order valence-corrected chi connectivity index (χ2v) is 7.01. The Balaban J connectivity index is 1.38. The van der Waals surface area contributed by atoms with Crippen LogP contribution in [0.4, 0.5) is 17.2 Å². The zero-order valence-electron chi connectivity index (χ0n) is 15.0. The minimum Gasteiger partial charge on any atom is -0.372 e. The molecule has 0 spiro atoms. The Labute approximate surface area is 154 Å². The average molecular weight is 351 g/mol. The number of likely N-dealkylation sites (tertiary alicyclic amines) is 1. The molecule has 2 saturated heterocycles. The lowest BCUT2D eigenvalue weighted by atomic mass is 10.1. The van der Waals surface area contributed by atoms with Gasteiger partial charge in [0.2, 0.25) is 0 Å². The summed E-state index contributed by atoms with van der Waals surface area (Å²) in [5.41, 5.74) is 2.65. The third-order valence-corrected chi connectivity index (χ3v) is 5.13. The average Bonchev–Trinajstić information content (AvgIpc) is 3.24. The Morgan fingerprint density at radius 2 is 1.54 bits per heavy atom. The maximum atomic E-state index is 12.4. The Hall–Kier alpha value is -2.63. The van der Waals surface area contributed by atoms with Crippen LogP contribution in [0, 0.1) is 0 Å². The monoisotopic (exact) mass is 351 g/mol. The summed E-state index contributed by atoms with van der Waals surface area (Å²) in [7, 11) is 0. The van der Waals surface area contributed by atoms with Crippen molar-refractivity contribution in [3.8, 4) is 0 Å². The van der Waals surface area contributed by atoms with Gasteiger partial charge in [-0.25, -0.2) is 9.97 Å². The quantitative estimate of drug-likeness (QED) is 0.914. The molecule has 1 aromatic heterocycles. The molecule has 2 fully saturated rings. The maximum absolute atomic E-state index is 12.4. The van der Waals surface area contributed by atoms with Crippen molar-refractivity contribution in [1.29, 1.82) is 0 Å². The van der Waals surface area contributed by atoms with Crippen LogP contribution in [0.15, 0.2) is 36.7 Å². The summed E-state index contributed by atoms with van der Waals surface area (Å²) in [5.74, 6) is 0.632. The summed E-state index contributed by atoms with van der Waals surface area (Å²) in [4.78, 5) is 25.4. The van der Waals surface area contributed by atoms with Gasteiger partial charge in [-0.1, -0.05) is 0 Å². The van der Waals surface area contributed by atoms with Crippen LogP contribution in [0.3, 0.4) is 0 Å². The fourth-order valence-electron chi connectivity index (χ4n) is 3.64. The number of benzene rings is 1. The molecule has 6 heteroatoms. The molecule has 6 nitrogen and oxygen atoms in total. The molecule has 2 aromatic rings. The van der Waals surface area contributed by atoms with Crippen molar-refractivity contribution in [1.82, 2.24) is 14.9 Å². The molecule has 2 aliphatic rings. The summed E-state index contributed by atoms with van der Waals surface area (Å²) in [6.07, 6.45) is 9.10. The summed E-state index contributed by atoms with van der Waals surface area (Å²) >= 11 is 0. The highest BCUT2D eigenvalue weighted by atomic mass is 16.2. The molecule has 1 aromatic carbocycles. The van der Waals surface area contributed by atoms with E-state index in [0.29, 0.717) is 11.5 Å². The van der Waals surface area contributed by atoms with E-state index in [1.165, 1.54) is 24.9 Å². The first kappa shape index (κ1) is 16.8. The minimum atomic E-state index is -0.0151. The van der Waals surface area contributed by atoms with Crippen LogP contribution in [-0.2, 0) is 0 Å². The van der Waals surface area contributed by atoms with E-state index in [0.717, 1.165) is 44.7 Å². The lowest BCUT2D eigenvalue weighted by molar-refractivity contribution is 0.0718. The van der Waals surface area contributed by atoms with Crippen LogP contribution in [0.5, 0.6) is 0 Å². The van der Waals surface area contributed by atoms with E-state index >= 15 is 0 Å². The van der Waals surface area contributed by atoms with Crippen LogP contribution in [0.2, 0.25) is 0 Å². The van der Waals surface area contributed by atoms with Gasteiger partial charge >= 0.3 is 0 Å². The number of hydrogen-bond donors (Lipinski definition) is 1. The highest BCUT2D eigenvalue weighted by Crippen LogP contribution is 2.23. The molecule has 3 heterocycles. The topological polar surface area (TPSA) is 61.4 Å². The largest absolute Gasteiger partial charge is 0.372 e. The summed E-state index contributed by atoms with van der Waals surface area (Å²) in [6, 6.07) is 8.38. The molecule has 1 N–H and O–H groups in total. The van der Waals surface area contributed by atoms with Crippen LogP contribution >= 0.6 is 0 Å². The van der Waals surface area contributed by atoms with Gasteiger partial charge < -0.3 is 15.1 Å². The number of anilines is 3. The zero-order valence-corrected chi connectivity index (χ0v) is 15.0. The maximum Gasteiger partial charge on any atom is 0.274 e. The van der Waals surface area contributed by atoms with Crippen molar-refractivity contribution in [2.75, 3.05) is 36.4 Å². The van der Waals surface area contributed by atoms with Crippen molar-refractivity contribution in [3.63, 3.8) is 0 Å². The number of nitrogens with zero attached hydrogens (tertiary/aromatic N) is 4. The van der Waals surface area contributed by atoms with E-state index in [2.05, 4.69) is 44.5 Å². The molecule has 2 aliphatic heterocycles. The van der Waals surface area contributed by atoms with Gasteiger partial charge in [-0.3, -0.25) is 4.79 Å². The number of piperidine rings is 1. The van der Waals surface area contributed by atoms with Crippen molar-refractivity contribution in [3.05, 3.63) is 42.4 Å². The van der Waals surface area contributed by atoms with Gasteiger partial charge in [0.15, 0.2) is 0 Å². The van der Waals surface area contributed by atoms with E-state index in [-0.39, 0.29) is 5.91 Å². The van der Waals surface area contributed by atoms with Gasteiger partial charge in [-0.2, -0.15) is 0 Å². The van der Waals surface area contributed by atoms with E-state index in [4.69, 9.17) is 0 Å². The smallest absolute Gasteiger partial charge is 0.274 e. The minimum absolute atomic E-state index is 0.0151. The van der Waals surface area contributed by atoms with Crippen LogP contribution in [0.1, 0.15) is 42.6 Å². The third-order valence-electron chi connectivity index (χ3n) is 5.13. The van der Waals surface area contributed by atoms with Gasteiger partial charge in [0, 0.05) is 37.6 Å². The van der Waals surface area contributed by atoms with Crippen molar-refractivity contribution < 1.29 is 4.79 Å². The molecule has 26 heavy (non-hydrogen) atoms. The van der Waals surface area contributed by atoms with Crippen molar-refractivity contribution in [2.45, 2.75) is 32.1 Å². The fourth-order valence-corrected chi connectivity index (χ4v) is 3.64. The van der Waals surface area contributed by atoms with E-state index in [1.807, 2.05) is 4.90 Å². The Morgan fingerprint density at radius 1 is 0.846 bits per heavy atom. The van der Waals surface area contributed by atoms with Crippen molar-refractivity contribution in [2.24, 2.45) is 0 Å². The molecule has 1 amide bonds. The molecule has 4 rings (SSSR count). The molecular formula is C20H25N5O. The molecule has 0 unspecified atom stereocenters. The summed E-state index contributed by atoms with van der Waals surface area (Å²) < 4.78 is 0. The first-order valence-corrected chi connectivity index (χ1v) is 9.53. The van der Waals surface area contributed by atoms with Crippen molar-refractivity contribution >= 4 is 23.1 Å². The lowest BCUT2D eigenvalue weighted by Crippen LogP contribution is -2.36.